The topological polar surface area (TPSA) is 55.8 Å². The average Bonchev–Trinajstić information content (AvgIpc) is 3.42. The van der Waals surface area contributed by atoms with Crippen molar-refractivity contribution in [3.63, 3.8) is 0 Å². The zero-order chi connectivity index (χ0) is 22.3. The molecule has 3 rings (SSSR count). The number of carbonyl (C=O) groups is 2. The molecule has 1 amide bonds. The Morgan fingerprint density at radius 3 is 2.33 bits per heavy atom. The first-order valence-corrected chi connectivity index (χ1v) is 14.1. The van der Waals surface area contributed by atoms with E-state index in [9.17, 15) is 9.59 Å². The molecule has 5 nitrogen and oxygen atoms in total. The van der Waals surface area contributed by atoms with E-state index < -0.39 is 19.8 Å². The van der Waals surface area contributed by atoms with Crippen molar-refractivity contribution in [1.82, 2.24) is 4.90 Å². The normalized spacial score (nSPS) is 24.6. The van der Waals surface area contributed by atoms with Crippen LogP contribution < -0.4 is 0 Å². The van der Waals surface area contributed by atoms with E-state index in [0.717, 1.165) is 18.4 Å². The van der Waals surface area contributed by atoms with Crippen LogP contribution in [0.4, 0.5) is 0 Å². The third-order valence-corrected chi connectivity index (χ3v) is 11.9. The second-order valence-corrected chi connectivity index (χ2v) is 15.1. The summed E-state index contributed by atoms with van der Waals surface area (Å²) < 4.78 is 12.1. The standard InChI is InChI=1S/C24H37NO4Si/c1-8-28-22(27)24(14-15-24)19-16-25(17(2)18-12-10-9-11-13-18)21(26)20(19)29-30(6,7)23(3,4)5/h9-13,17,19-20H,8,14-16H2,1-7H3. The minimum absolute atomic E-state index is 0.0109. The predicted octanol–water partition coefficient (Wildman–Crippen LogP) is 4.94. The van der Waals surface area contributed by atoms with E-state index in [1.54, 1.807) is 0 Å². The molecule has 0 radical (unpaired) electrons. The molecule has 0 bridgehead atoms. The molecule has 166 valence electrons. The van der Waals surface area contributed by atoms with Gasteiger partial charge in [-0.05, 0) is 50.4 Å². The third kappa shape index (κ3) is 4.08. The summed E-state index contributed by atoms with van der Waals surface area (Å²) in [6, 6.07) is 10.0. The smallest absolute Gasteiger partial charge is 0.312 e. The maximum atomic E-state index is 13.7. The molecular weight excluding hydrogens is 394 g/mol. The summed E-state index contributed by atoms with van der Waals surface area (Å²) in [5, 5.41) is -0.0169. The number of amides is 1. The number of nitrogens with zero attached hydrogens (tertiary/aromatic N) is 1. The highest BCUT2D eigenvalue weighted by atomic mass is 28.4. The van der Waals surface area contributed by atoms with Gasteiger partial charge in [0.2, 0.25) is 0 Å². The molecule has 3 atom stereocenters. The van der Waals surface area contributed by atoms with Crippen LogP contribution in [0.5, 0.6) is 0 Å². The fraction of sp³-hybridized carbons (Fsp3) is 0.667. The van der Waals surface area contributed by atoms with E-state index in [1.807, 2.05) is 42.2 Å². The first-order valence-electron chi connectivity index (χ1n) is 11.1. The second-order valence-electron chi connectivity index (χ2n) is 10.4. The second kappa shape index (κ2) is 8.12. The van der Waals surface area contributed by atoms with Gasteiger partial charge in [0.05, 0.1) is 18.1 Å². The van der Waals surface area contributed by atoms with Crippen LogP contribution in [-0.4, -0.2) is 44.3 Å². The number of esters is 1. The van der Waals surface area contributed by atoms with E-state index in [4.69, 9.17) is 9.16 Å². The molecule has 1 saturated heterocycles. The van der Waals surface area contributed by atoms with Crippen molar-refractivity contribution in [1.29, 1.82) is 0 Å². The summed E-state index contributed by atoms with van der Waals surface area (Å²) in [7, 11) is -2.20. The Morgan fingerprint density at radius 2 is 1.83 bits per heavy atom. The predicted molar refractivity (Wildman–Crippen MR) is 120 cm³/mol. The number of ether oxygens (including phenoxy) is 1. The van der Waals surface area contributed by atoms with Gasteiger partial charge in [-0.25, -0.2) is 0 Å². The lowest BCUT2D eigenvalue weighted by Crippen LogP contribution is -2.49. The van der Waals surface area contributed by atoms with Crippen molar-refractivity contribution < 1.29 is 18.8 Å². The maximum absolute atomic E-state index is 13.7. The van der Waals surface area contributed by atoms with Crippen LogP contribution in [0, 0.1) is 11.3 Å². The van der Waals surface area contributed by atoms with Crippen LogP contribution >= 0.6 is 0 Å². The monoisotopic (exact) mass is 431 g/mol. The van der Waals surface area contributed by atoms with Gasteiger partial charge < -0.3 is 14.1 Å². The van der Waals surface area contributed by atoms with Crippen LogP contribution in [0.25, 0.3) is 0 Å². The van der Waals surface area contributed by atoms with E-state index >= 15 is 0 Å². The quantitative estimate of drug-likeness (QED) is 0.453. The Kier molecular flexibility index (Phi) is 6.22. The molecule has 1 aliphatic heterocycles. The molecule has 1 aromatic rings. The van der Waals surface area contributed by atoms with E-state index in [2.05, 4.69) is 40.8 Å². The lowest BCUT2D eigenvalue weighted by Gasteiger charge is -2.39. The minimum Gasteiger partial charge on any atom is -0.466 e. The Bertz CT molecular complexity index is 782. The van der Waals surface area contributed by atoms with Crippen molar-refractivity contribution in [2.24, 2.45) is 11.3 Å². The summed E-state index contributed by atoms with van der Waals surface area (Å²) in [6.07, 6.45) is 0.965. The van der Waals surface area contributed by atoms with E-state index in [1.165, 1.54) is 0 Å². The molecule has 1 aromatic carbocycles. The van der Waals surface area contributed by atoms with E-state index in [-0.39, 0.29) is 28.9 Å². The van der Waals surface area contributed by atoms with Crippen molar-refractivity contribution in [3.8, 4) is 0 Å². The van der Waals surface area contributed by atoms with Crippen LogP contribution in [-0.2, 0) is 18.8 Å². The first-order chi connectivity index (χ1) is 13.9. The van der Waals surface area contributed by atoms with Crippen molar-refractivity contribution >= 4 is 20.2 Å². The first kappa shape index (κ1) is 23.0. The summed E-state index contributed by atoms with van der Waals surface area (Å²) in [5.74, 6) is -0.318. The molecule has 1 heterocycles. The lowest BCUT2D eigenvalue weighted by atomic mass is 9.86. The molecule has 0 N–H and O–H groups in total. The minimum atomic E-state index is -2.20. The molecule has 0 aromatic heterocycles. The van der Waals surface area contributed by atoms with E-state index in [0.29, 0.717) is 13.2 Å². The number of hydrogen-bond donors (Lipinski definition) is 0. The number of carbonyl (C=O) groups excluding carboxylic acids is 2. The fourth-order valence-corrected chi connectivity index (χ4v) is 5.47. The van der Waals surface area contributed by atoms with Gasteiger partial charge in [0.25, 0.3) is 5.91 Å². The molecule has 2 aliphatic rings. The van der Waals surface area contributed by atoms with Gasteiger partial charge in [-0.2, -0.15) is 0 Å². The largest absolute Gasteiger partial charge is 0.466 e. The maximum Gasteiger partial charge on any atom is 0.312 e. The molecule has 6 heteroatoms. The number of likely N-dealkylation sites (tertiary alicyclic amines) is 1. The Labute approximate surface area is 182 Å². The van der Waals surface area contributed by atoms with Crippen LogP contribution in [0.3, 0.4) is 0 Å². The van der Waals surface area contributed by atoms with Gasteiger partial charge >= 0.3 is 5.97 Å². The number of benzene rings is 1. The van der Waals surface area contributed by atoms with Crippen LogP contribution in [0.2, 0.25) is 18.1 Å². The fourth-order valence-electron chi connectivity index (χ4n) is 4.22. The van der Waals surface area contributed by atoms with Gasteiger partial charge in [0, 0.05) is 12.5 Å². The third-order valence-electron chi connectivity index (χ3n) is 7.44. The molecule has 3 unspecified atom stereocenters. The molecule has 1 saturated carbocycles. The summed E-state index contributed by atoms with van der Waals surface area (Å²) in [6.45, 7) is 15.7. The number of hydrogen-bond acceptors (Lipinski definition) is 4. The van der Waals surface area contributed by atoms with Gasteiger partial charge in [-0.1, -0.05) is 51.1 Å². The lowest BCUT2D eigenvalue weighted by molar-refractivity contribution is -0.153. The molecular formula is C24H37NO4Si. The van der Waals surface area contributed by atoms with Gasteiger partial charge in [0.1, 0.15) is 6.10 Å². The highest BCUT2D eigenvalue weighted by Gasteiger charge is 2.64. The van der Waals surface area contributed by atoms with Gasteiger partial charge in [-0.3, -0.25) is 9.59 Å². The van der Waals surface area contributed by atoms with Gasteiger partial charge in [0.15, 0.2) is 8.32 Å². The highest BCUT2D eigenvalue weighted by molar-refractivity contribution is 6.74. The van der Waals surface area contributed by atoms with Gasteiger partial charge in [-0.15, -0.1) is 0 Å². The molecule has 0 spiro atoms. The van der Waals surface area contributed by atoms with Crippen molar-refractivity contribution in [2.75, 3.05) is 13.2 Å². The zero-order valence-corrected chi connectivity index (χ0v) is 20.5. The van der Waals surface area contributed by atoms with Crippen LogP contribution in [0.15, 0.2) is 30.3 Å². The SMILES string of the molecule is CCOC(=O)C1(C2CN(C(C)c3ccccc3)C(=O)C2O[Si](C)(C)C(C)(C)C)CC1. The van der Waals surface area contributed by atoms with Crippen molar-refractivity contribution in [2.45, 2.75) is 77.7 Å². The van der Waals surface area contributed by atoms with Crippen LogP contribution in [0.1, 0.15) is 59.1 Å². The Hall–Kier alpha value is -1.66. The zero-order valence-electron chi connectivity index (χ0n) is 19.5. The highest BCUT2D eigenvalue weighted by Crippen LogP contribution is 2.57. The Morgan fingerprint density at radius 1 is 1.23 bits per heavy atom. The average molecular weight is 432 g/mol. The summed E-state index contributed by atoms with van der Waals surface area (Å²) >= 11 is 0. The van der Waals surface area contributed by atoms with Crippen molar-refractivity contribution in [3.05, 3.63) is 35.9 Å². The molecule has 2 fully saturated rings. The summed E-state index contributed by atoms with van der Waals surface area (Å²) in [5.41, 5.74) is 0.516. The Balaban J connectivity index is 1.94. The summed E-state index contributed by atoms with van der Waals surface area (Å²) in [4.78, 5) is 28.5. The molecule has 1 aliphatic carbocycles. The molecule has 30 heavy (non-hydrogen) atoms. The number of rotatable bonds is 7.